The van der Waals surface area contributed by atoms with E-state index in [4.69, 9.17) is 4.74 Å². The van der Waals surface area contributed by atoms with Gasteiger partial charge in [-0.1, -0.05) is 23.5 Å². The molecule has 0 amide bonds. The van der Waals surface area contributed by atoms with Gasteiger partial charge >= 0.3 is 0 Å². The number of hydrogen-bond donors (Lipinski definition) is 2. The lowest BCUT2D eigenvalue weighted by atomic mass is 10.0. The summed E-state index contributed by atoms with van der Waals surface area (Å²) >= 11 is 1.51. The van der Waals surface area contributed by atoms with Crippen molar-refractivity contribution >= 4 is 21.4 Å². The summed E-state index contributed by atoms with van der Waals surface area (Å²) in [5.41, 5.74) is 4.72. The molecule has 0 aliphatic heterocycles. The van der Waals surface area contributed by atoms with Crippen LogP contribution in [0.15, 0.2) is 42.6 Å². The van der Waals surface area contributed by atoms with Crippen LogP contribution in [0.25, 0.3) is 16.2 Å². The standard InChI is InChI=1S/C20H20N4O2S/c1-12-8-15(9-13(2)18(12)25)17-11-22-20-24(17)23-19(27-20)21-10-14-4-6-16(26-3)7-5-14/h4-9,11,25H,10H2,1-3H3,(H,21,23). The number of aryl methyl sites for hydroxylation is 2. The molecule has 4 rings (SSSR count). The molecule has 0 bridgehead atoms. The Labute approximate surface area is 161 Å². The van der Waals surface area contributed by atoms with Gasteiger partial charge < -0.3 is 15.2 Å². The van der Waals surface area contributed by atoms with Gasteiger partial charge in [0.1, 0.15) is 11.5 Å². The second-order valence-electron chi connectivity index (χ2n) is 6.41. The molecule has 4 aromatic rings. The summed E-state index contributed by atoms with van der Waals surface area (Å²) in [6, 6.07) is 11.8. The Kier molecular flexibility index (Phi) is 4.45. The first-order valence-electron chi connectivity index (χ1n) is 8.57. The Morgan fingerprint density at radius 1 is 1.15 bits per heavy atom. The summed E-state index contributed by atoms with van der Waals surface area (Å²) < 4.78 is 7.02. The van der Waals surface area contributed by atoms with Crippen LogP contribution in [-0.2, 0) is 6.54 Å². The van der Waals surface area contributed by atoms with Gasteiger partial charge in [-0.15, -0.1) is 5.10 Å². The molecule has 0 spiro atoms. The smallest absolute Gasteiger partial charge is 0.214 e. The van der Waals surface area contributed by atoms with Crippen LogP contribution >= 0.6 is 11.3 Å². The van der Waals surface area contributed by atoms with Crippen LogP contribution in [0.5, 0.6) is 11.5 Å². The minimum Gasteiger partial charge on any atom is -0.507 e. The third-order valence-electron chi connectivity index (χ3n) is 4.48. The lowest BCUT2D eigenvalue weighted by molar-refractivity contribution is 0.414. The van der Waals surface area contributed by atoms with Gasteiger partial charge in [0.05, 0.1) is 19.0 Å². The minimum atomic E-state index is 0.333. The summed E-state index contributed by atoms with van der Waals surface area (Å²) in [5, 5.41) is 18.8. The van der Waals surface area contributed by atoms with Crippen molar-refractivity contribution in [1.29, 1.82) is 0 Å². The highest BCUT2D eigenvalue weighted by atomic mass is 32.1. The van der Waals surface area contributed by atoms with Gasteiger partial charge in [-0.25, -0.2) is 9.50 Å². The van der Waals surface area contributed by atoms with Gasteiger partial charge in [-0.2, -0.15) is 0 Å². The summed E-state index contributed by atoms with van der Waals surface area (Å²) in [6.07, 6.45) is 1.82. The number of methoxy groups -OCH3 is 1. The van der Waals surface area contributed by atoms with Gasteiger partial charge in [-0.05, 0) is 54.8 Å². The highest BCUT2D eigenvalue weighted by Gasteiger charge is 2.13. The Bertz CT molecular complexity index is 1080. The highest BCUT2D eigenvalue weighted by Crippen LogP contribution is 2.31. The van der Waals surface area contributed by atoms with Gasteiger partial charge in [0, 0.05) is 12.1 Å². The van der Waals surface area contributed by atoms with Gasteiger partial charge in [0.2, 0.25) is 10.1 Å². The lowest BCUT2D eigenvalue weighted by Crippen LogP contribution is -2.00. The number of benzene rings is 2. The number of phenols is 1. The third-order valence-corrected chi connectivity index (χ3v) is 5.36. The number of nitrogens with one attached hydrogen (secondary N) is 1. The average Bonchev–Trinajstić information content (AvgIpc) is 3.24. The molecule has 138 valence electrons. The molecule has 0 saturated carbocycles. The fourth-order valence-electron chi connectivity index (χ4n) is 2.99. The Morgan fingerprint density at radius 3 is 2.52 bits per heavy atom. The predicted molar refractivity (Wildman–Crippen MR) is 108 cm³/mol. The fourth-order valence-corrected chi connectivity index (χ4v) is 3.76. The normalized spacial score (nSPS) is 11.1. The maximum atomic E-state index is 10.0. The van der Waals surface area contributed by atoms with Crippen LogP contribution in [0, 0.1) is 13.8 Å². The first-order valence-corrected chi connectivity index (χ1v) is 9.39. The first kappa shape index (κ1) is 17.4. The molecular weight excluding hydrogens is 360 g/mol. The van der Waals surface area contributed by atoms with Gasteiger partial charge in [0.25, 0.3) is 0 Å². The molecule has 0 aliphatic carbocycles. The molecule has 6 nitrogen and oxygen atoms in total. The lowest BCUT2D eigenvalue weighted by Gasteiger charge is -2.07. The van der Waals surface area contributed by atoms with Crippen LogP contribution in [-0.4, -0.2) is 26.8 Å². The number of fused-ring (bicyclic) bond motifs is 1. The quantitative estimate of drug-likeness (QED) is 0.537. The van der Waals surface area contributed by atoms with Crippen molar-refractivity contribution in [2.24, 2.45) is 0 Å². The summed E-state index contributed by atoms with van der Waals surface area (Å²) in [4.78, 5) is 5.30. The molecular formula is C20H20N4O2S. The molecule has 0 unspecified atom stereocenters. The van der Waals surface area contributed by atoms with E-state index in [1.54, 1.807) is 7.11 Å². The zero-order valence-corrected chi connectivity index (χ0v) is 16.2. The van der Waals surface area contributed by atoms with Crippen molar-refractivity contribution in [3.8, 4) is 22.8 Å². The van der Waals surface area contributed by atoms with Crippen molar-refractivity contribution in [3.63, 3.8) is 0 Å². The van der Waals surface area contributed by atoms with Crippen LogP contribution in [0.4, 0.5) is 5.13 Å². The molecule has 2 N–H and O–H groups in total. The molecule has 2 aromatic carbocycles. The van der Waals surface area contributed by atoms with E-state index < -0.39 is 0 Å². The minimum absolute atomic E-state index is 0.333. The molecule has 0 aliphatic rings. The number of imidazole rings is 1. The summed E-state index contributed by atoms with van der Waals surface area (Å²) in [6.45, 7) is 4.47. The van der Waals surface area contributed by atoms with E-state index in [0.29, 0.717) is 12.3 Å². The number of rotatable bonds is 5. The van der Waals surface area contributed by atoms with Crippen LogP contribution < -0.4 is 10.1 Å². The monoisotopic (exact) mass is 380 g/mol. The number of nitrogens with zero attached hydrogens (tertiary/aromatic N) is 3. The van der Waals surface area contributed by atoms with Crippen LogP contribution in [0.3, 0.4) is 0 Å². The first-order chi connectivity index (χ1) is 13.0. The summed E-state index contributed by atoms with van der Waals surface area (Å²) in [5.74, 6) is 1.18. The van der Waals surface area contributed by atoms with E-state index >= 15 is 0 Å². The maximum Gasteiger partial charge on any atom is 0.214 e. The zero-order chi connectivity index (χ0) is 19.0. The fraction of sp³-hybridized carbons (Fsp3) is 0.200. The van der Waals surface area contributed by atoms with E-state index in [0.717, 1.165) is 43.8 Å². The number of aromatic nitrogens is 3. The largest absolute Gasteiger partial charge is 0.507 e. The predicted octanol–water partition coefficient (Wildman–Crippen LogP) is 4.40. The van der Waals surface area contributed by atoms with E-state index in [9.17, 15) is 5.11 Å². The molecule has 0 atom stereocenters. The molecule has 2 heterocycles. The Morgan fingerprint density at radius 2 is 1.85 bits per heavy atom. The number of anilines is 1. The molecule has 2 aromatic heterocycles. The number of hydrogen-bond acceptors (Lipinski definition) is 6. The average molecular weight is 380 g/mol. The maximum absolute atomic E-state index is 10.0. The zero-order valence-electron chi connectivity index (χ0n) is 15.4. The molecule has 0 fully saturated rings. The van der Waals surface area contributed by atoms with Crippen molar-refractivity contribution < 1.29 is 9.84 Å². The van der Waals surface area contributed by atoms with Crippen molar-refractivity contribution in [3.05, 3.63) is 59.3 Å². The van der Waals surface area contributed by atoms with E-state index in [1.807, 2.05) is 61.0 Å². The van der Waals surface area contributed by atoms with Crippen molar-refractivity contribution in [2.75, 3.05) is 12.4 Å². The molecule has 7 heteroatoms. The molecule has 0 saturated heterocycles. The second kappa shape index (κ2) is 6.92. The number of ether oxygens (including phenoxy) is 1. The molecule has 27 heavy (non-hydrogen) atoms. The highest BCUT2D eigenvalue weighted by molar-refractivity contribution is 7.20. The van der Waals surface area contributed by atoms with Gasteiger partial charge in [0.15, 0.2) is 0 Å². The van der Waals surface area contributed by atoms with Crippen LogP contribution in [0.2, 0.25) is 0 Å². The van der Waals surface area contributed by atoms with Gasteiger partial charge in [-0.3, -0.25) is 0 Å². The van der Waals surface area contributed by atoms with E-state index in [1.165, 1.54) is 11.3 Å². The van der Waals surface area contributed by atoms with Crippen LogP contribution in [0.1, 0.15) is 16.7 Å². The van der Waals surface area contributed by atoms with Crippen molar-refractivity contribution in [2.45, 2.75) is 20.4 Å². The summed E-state index contributed by atoms with van der Waals surface area (Å²) in [7, 11) is 1.66. The third kappa shape index (κ3) is 3.33. The Hall–Kier alpha value is -3.06. The topological polar surface area (TPSA) is 71.7 Å². The second-order valence-corrected chi connectivity index (χ2v) is 7.36. The SMILES string of the molecule is COc1ccc(CNc2nn3c(-c4cc(C)c(O)c(C)c4)cnc3s2)cc1. The van der Waals surface area contributed by atoms with E-state index in [-0.39, 0.29) is 0 Å². The van der Waals surface area contributed by atoms with Crippen molar-refractivity contribution in [1.82, 2.24) is 14.6 Å². The number of aromatic hydroxyl groups is 1. The van der Waals surface area contributed by atoms with E-state index in [2.05, 4.69) is 15.4 Å². The Balaban J connectivity index is 1.58. The number of phenolic OH excluding ortho intramolecular Hbond substituents is 1. The molecule has 0 radical (unpaired) electrons.